The number of nitrogens with one attached hydrogen (secondary N) is 3. The van der Waals surface area contributed by atoms with E-state index in [9.17, 15) is 4.79 Å². The maximum atomic E-state index is 11.7. The molecule has 16 heavy (non-hydrogen) atoms. The number of aromatic amines is 1. The van der Waals surface area contributed by atoms with Crippen LogP contribution in [0.1, 0.15) is 26.6 Å². The minimum atomic E-state index is -0.400. The van der Waals surface area contributed by atoms with Crippen LogP contribution in [0.4, 0.5) is 0 Å². The number of H-pyrrole nitrogens is 1. The van der Waals surface area contributed by atoms with Gasteiger partial charge in [-0.15, -0.1) is 0 Å². The zero-order chi connectivity index (χ0) is 12.0. The maximum Gasteiger partial charge on any atom is 0.226 e. The fourth-order valence-corrected chi connectivity index (χ4v) is 1.37. The van der Waals surface area contributed by atoms with Crippen molar-refractivity contribution in [3.63, 3.8) is 0 Å². The van der Waals surface area contributed by atoms with Crippen LogP contribution in [0.15, 0.2) is 12.4 Å². The molecule has 1 amide bonds. The van der Waals surface area contributed by atoms with Gasteiger partial charge in [-0.3, -0.25) is 4.79 Å². The lowest BCUT2D eigenvalue weighted by Gasteiger charge is -2.23. The van der Waals surface area contributed by atoms with Gasteiger partial charge in [0.25, 0.3) is 0 Å². The predicted octanol–water partition coefficient (Wildman–Crippen LogP) is 0.662. The van der Waals surface area contributed by atoms with Crippen LogP contribution in [0.5, 0.6) is 0 Å². The van der Waals surface area contributed by atoms with Crippen molar-refractivity contribution < 1.29 is 4.79 Å². The highest BCUT2D eigenvalue weighted by Gasteiger charge is 2.26. The molecule has 0 aliphatic carbocycles. The van der Waals surface area contributed by atoms with Crippen LogP contribution in [0.3, 0.4) is 0 Å². The molecule has 1 heterocycles. The third-order valence-electron chi connectivity index (χ3n) is 2.37. The molecule has 0 saturated heterocycles. The molecule has 0 atom stereocenters. The zero-order valence-corrected chi connectivity index (χ0v) is 10.1. The van der Waals surface area contributed by atoms with Gasteiger partial charge in [0.15, 0.2) is 0 Å². The quantitative estimate of drug-likeness (QED) is 0.665. The second kappa shape index (κ2) is 5.65. The Bertz CT molecular complexity index is 319. The van der Waals surface area contributed by atoms with E-state index in [1.54, 1.807) is 12.4 Å². The molecule has 0 radical (unpaired) electrons. The summed E-state index contributed by atoms with van der Waals surface area (Å²) in [4.78, 5) is 18.8. The Morgan fingerprint density at radius 3 is 2.88 bits per heavy atom. The predicted molar refractivity (Wildman–Crippen MR) is 62.8 cm³/mol. The molecule has 0 saturated carbocycles. The van der Waals surface area contributed by atoms with E-state index in [2.05, 4.69) is 20.6 Å². The highest BCUT2D eigenvalue weighted by atomic mass is 16.2. The summed E-state index contributed by atoms with van der Waals surface area (Å²) in [5.74, 6) is 0.952. The largest absolute Gasteiger partial charge is 0.356 e. The number of amides is 1. The number of carbonyl (C=O) groups excluding carboxylic acids is 1. The van der Waals surface area contributed by atoms with Crippen LogP contribution in [0, 0.1) is 5.41 Å². The number of carbonyl (C=O) groups is 1. The zero-order valence-electron chi connectivity index (χ0n) is 10.1. The first-order valence-corrected chi connectivity index (χ1v) is 5.53. The number of hydrogen-bond donors (Lipinski definition) is 3. The fourth-order valence-electron chi connectivity index (χ4n) is 1.37. The first-order chi connectivity index (χ1) is 7.56. The standard InChI is InChI=1S/C11H20N4O/c1-4-13-10(16)11(2,3)8-12-7-9-14-5-6-15-9/h5-6,12H,4,7-8H2,1-3H3,(H,13,16)(H,14,15). The van der Waals surface area contributed by atoms with Crippen molar-refractivity contribution in [2.24, 2.45) is 5.41 Å². The monoisotopic (exact) mass is 224 g/mol. The van der Waals surface area contributed by atoms with Gasteiger partial charge in [0.05, 0.1) is 12.0 Å². The molecule has 0 fully saturated rings. The summed E-state index contributed by atoms with van der Waals surface area (Å²) in [5.41, 5.74) is -0.400. The third kappa shape index (κ3) is 3.66. The molecule has 0 aromatic carbocycles. The Kier molecular flexibility index (Phi) is 4.49. The van der Waals surface area contributed by atoms with Crippen LogP contribution in [-0.4, -0.2) is 29.0 Å². The van der Waals surface area contributed by atoms with Crippen LogP contribution >= 0.6 is 0 Å². The van der Waals surface area contributed by atoms with Gasteiger partial charge in [-0.1, -0.05) is 0 Å². The molecular formula is C11H20N4O. The van der Waals surface area contributed by atoms with E-state index in [0.29, 0.717) is 19.6 Å². The summed E-state index contributed by atoms with van der Waals surface area (Å²) >= 11 is 0. The van der Waals surface area contributed by atoms with Gasteiger partial charge in [0.1, 0.15) is 5.82 Å². The number of nitrogens with zero attached hydrogens (tertiary/aromatic N) is 1. The van der Waals surface area contributed by atoms with E-state index >= 15 is 0 Å². The lowest BCUT2D eigenvalue weighted by Crippen LogP contribution is -2.43. The van der Waals surface area contributed by atoms with Gasteiger partial charge in [-0.25, -0.2) is 4.98 Å². The summed E-state index contributed by atoms with van der Waals surface area (Å²) < 4.78 is 0. The molecule has 0 aliphatic heterocycles. The number of imidazole rings is 1. The van der Waals surface area contributed by atoms with Gasteiger partial charge in [-0.05, 0) is 20.8 Å². The lowest BCUT2D eigenvalue weighted by atomic mass is 9.92. The van der Waals surface area contributed by atoms with E-state index < -0.39 is 5.41 Å². The van der Waals surface area contributed by atoms with Crippen molar-refractivity contribution in [2.75, 3.05) is 13.1 Å². The smallest absolute Gasteiger partial charge is 0.226 e. The molecule has 0 unspecified atom stereocenters. The molecule has 3 N–H and O–H groups in total. The molecule has 1 aromatic heterocycles. The second-order valence-electron chi connectivity index (χ2n) is 4.38. The first-order valence-electron chi connectivity index (χ1n) is 5.53. The van der Waals surface area contributed by atoms with Crippen LogP contribution < -0.4 is 10.6 Å². The SMILES string of the molecule is CCNC(=O)C(C)(C)CNCc1ncc[nH]1. The molecule has 1 rings (SSSR count). The summed E-state index contributed by atoms with van der Waals surface area (Å²) in [5, 5.41) is 6.04. The molecular weight excluding hydrogens is 204 g/mol. The Labute approximate surface area is 96.0 Å². The van der Waals surface area contributed by atoms with Crippen molar-refractivity contribution in [1.82, 2.24) is 20.6 Å². The van der Waals surface area contributed by atoms with Crippen molar-refractivity contribution >= 4 is 5.91 Å². The van der Waals surface area contributed by atoms with E-state index in [0.717, 1.165) is 5.82 Å². The number of hydrogen-bond acceptors (Lipinski definition) is 3. The van der Waals surface area contributed by atoms with Gasteiger partial charge in [0, 0.05) is 25.5 Å². The van der Waals surface area contributed by atoms with Crippen LogP contribution in [0.25, 0.3) is 0 Å². The maximum absolute atomic E-state index is 11.7. The Hall–Kier alpha value is -1.36. The Morgan fingerprint density at radius 1 is 1.56 bits per heavy atom. The summed E-state index contributed by atoms with van der Waals surface area (Å²) in [6.07, 6.45) is 3.50. The third-order valence-corrected chi connectivity index (χ3v) is 2.37. The summed E-state index contributed by atoms with van der Waals surface area (Å²) in [7, 11) is 0. The normalized spacial score (nSPS) is 11.4. The molecule has 0 aliphatic rings. The Morgan fingerprint density at radius 2 is 2.31 bits per heavy atom. The second-order valence-corrected chi connectivity index (χ2v) is 4.38. The molecule has 90 valence electrons. The highest BCUT2D eigenvalue weighted by molar-refractivity contribution is 5.81. The molecule has 1 aromatic rings. The van der Waals surface area contributed by atoms with E-state index in [-0.39, 0.29) is 5.91 Å². The van der Waals surface area contributed by atoms with E-state index in [1.165, 1.54) is 0 Å². The average Bonchev–Trinajstić information content (AvgIpc) is 2.70. The highest BCUT2D eigenvalue weighted by Crippen LogP contribution is 2.13. The molecule has 0 bridgehead atoms. The lowest BCUT2D eigenvalue weighted by molar-refractivity contribution is -0.129. The Balaban J connectivity index is 2.33. The van der Waals surface area contributed by atoms with Crippen LogP contribution in [-0.2, 0) is 11.3 Å². The number of rotatable bonds is 6. The van der Waals surface area contributed by atoms with E-state index in [1.807, 2.05) is 20.8 Å². The van der Waals surface area contributed by atoms with Crippen molar-refractivity contribution in [3.05, 3.63) is 18.2 Å². The fraction of sp³-hybridized carbons (Fsp3) is 0.636. The van der Waals surface area contributed by atoms with Gasteiger partial charge < -0.3 is 15.6 Å². The minimum absolute atomic E-state index is 0.0712. The van der Waals surface area contributed by atoms with Crippen LogP contribution in [0.2, 0.25) is 0 Å². The molecule has 5 nitrogen and oxygen atoms in total. The van der Waals surface area contributed by atoms with Crippen molar-refractivity contribution in [3.8, 4) is 0 Å². The van der Waals surface area contributed by atoms with Gasteiger partial charge in [-0.2, -0.15) is 0 Å². The summed E-state index contributed by atoms with van der Waals surface area (Å²) in [6, 6.07) is 0. The first kappa shape index (κ1) is 12.7. The van der Waals surface area contributed by atoms with Crippen molar-refractivity contribution in [1.29, 1.82) is 0 Å². The topological polar surface area (TPSA) is 69.8 Å². The van der Waals surface area contributed by atoms with Gasteiger partial charge >= 0.3 is 0 Å². The summed E-state index contributed by atoms with van der Waals surface area (Å²) in [6.45, 7) is 7.71. The minimum Gasteiger partial charge on any atom is -0.356 e. The molecule has 0 spiro atoms. The van der Waals surface area contributed by atoms with Crippen molar-refractivity contribution in [2.45, 2.75) is 27.3 Å². The van der Waals surface area contributed by atoms with E-state index in [4.69, 9.17) is 0 Å². The molecule has 5 heteroatoms. The average molecular weight is 224 g/mol. The van der Waals surface area contributed by atoms with Gasteiger partial charge in [0.2, 0.25) is 5.91 Å². The number of aromatic nitrogens is 2.